The smallest absolute Gasteiger partial charge is 0.0420 e. The third-order valence-corrected chi connectivity index (χ3v) is 6.77. The molecule has 0 nitrogen and oxygen atoms in total. The van der Waals surface area contributed by atoms with Crippen LogP contribution in [-0.4, -0.2) is 0 Å². The van der Waals surface area contributed by atoms with E-state index in [0.717, 1.165) is 0 Å². The van der Waals surface area contributed by atoms with Crippen LogP contribution in [0.5, 0.6) is 0 Å². The molecule has 0 saturated carbocycles. The van der Waals surface area contributed by atoms with Crippen LogP contribution in [-0.2, 0) is 10.8 Å². The third-order valence-electron chi connectivity index (χ3n) is 5.34. The Morgan fingerprint density at radius 1 is 1.05 bits per heavy atom. The number of rotatable bonds is 3. The number of halogens is 1. The van der Waals surface area contributed by atoms with Crippen LogP contribution in [0, 0.1) is 5.92 Å². The second kappa shape index (κ2) is 5.48. The summed E-state index contributed by atoms with van der Waals surface area (Å²) < 4.78 is 0. The molecule has 0 bridgehead atoms. The second-order valence-corrected chi connectivity index (χ2v) is 8.85. The van der Waals surface area contributed by atoms with Crippen LogP contribution in [0.2, 0.25) is 0 Å². The number of hydrogen-bond donors (Lipinski definition) is 0. The maximum atomic E-state index is 3.91. The molecule has 0 spiro atoms. The molecule has 112 valence electrons. The lowest BCUT2D eigenvalue weighted by Crippen LogP contribution is -2.34. The van der Waals surface area contributed by atoms with E-state index in [4.69, 9.17) is 0 Å². The molecule has 1 aromatic carbocycles. The summed E-state index contributed by atoms with van der Waals surface area (Å²) in [5.74, 6) is 0.674. The maximum Gasteiger partial charge on any atom is 0.0420 e. The average Bonchev–Trinajstić information content (AvgIpc) is 2.42. The highest BCUT2D eigenvalue weighted by Gasteiger charge is 2.37. The molecule has 1 aliphatic rings. The predicted molar refractivity (Wildman–Crippen MR) is 92.9 cm³/mol. The Kier molecular flexibility index (Phi) is 4.40. The molecular formula is C19H29Br. The fourth-order valence-electron chi connectivity index (χ4n) is 3.31. The molecule has 2 atom stereocenters. The van der Waals surface area contributed by atoms with Crippen LogP contribution in [0.4, 0.5) is 0 Å². The van der Waals surface area contributed by atoms with Crippen molar-refractivity contribution in [3.05, 3.63) is 34.9 Å². The first-order valence-corrected chi connectivity index (χ1v) is 8.89. The number of fused-ring (bicyclic) bond motifs is 1. The lowest BCUT2D eigenvalue weighted by atomic mass is 9.63. The molecule has 1 aliphatic carbocycles. The van der Waals surface area contributed by atoms with Gasteiger partial charge in [-0.05, 0) is 46.3 Å². The van der Waals surface area contributed by atoms with E-state index in [1.807, 2.05) is 0 Å². The van der Waals surface area contributed by atoms with E-state index >= 15 is 0 Å². The Morgan fingerprint density at radius 2 is 1.60 bits per heavy atom. The third kappa shape index (κ3) is 2.84. The van der Waals surface area contributed by atoms with Gasteiger partial charge >= 0.3 is 0 Å². The summed E-state index contributed by atoms with van der Waals surface area (Å²) in [6.45, 7) is 14.2. The molecule has 2 rings (SSSR count). The van der Waals surface area contributed by atoms with Crippen molar-refractivity contribution in [3.63, 3.8) is 0 Å². The SMILES string of the molecule is CCC(C)C(Br)c1ccc2c(c1)C(C)(C)CCC2(C)C. The van der Waals surface area contributed by atoms with Gasteiger partial charge in [0.05, 0.1) is 0 Å². The van der Waals surface area contributed by atoms with Gasteiger partial charge < -0.3 is 0 Å². The van der Waals surface area contributed by atoms with Crippen molar-refractivity contribution in [1.29, 1.82) is 0 Å². The van der Waals surface area contributed by atoms with Crippen LogP contribution in [0.1, 0.15) is 82.3 Å². The fraction of sp³-hybridized carbons (Fsp3) is 0.684. The normalized spacial score (nSPS) is 22.9. The molecule has 2 unspecified atom stereocenters. The minimum absolute atomic E-state index is 0.309. The standard InChI is InChI=1S/C19H29Br/c1-7-13(2)17(20)14-8-9-15-16(12-14)19(5,6)11-10-18(15,3)4/h8-9,12-13,17H,7,10-11H2,1-6H3. The quantitative estimate of drug-likeness (QED) is 0.551. The maximum absolute atomic E-state index is 3.91. The first-order valence-electron chi connectivity index (χ1n) is 7.98. The minimum Gasteiger partial charge on any atom is -0.0836 e. The van der Waals surface area contributed by atoms with Gasteiger partial charge in [-0.15, -0.1) is 0 Å². The summed E-state index contributed by atoms with van der Waals surface area (Å²) >= 11 is 3.91. The predicted octanol–water partition coefficient (Wildman–Crippen LogP) is 6.52. The van der Waals surface area contributed by atoms with Crippen LogP contribution < -0.4 is 0 Å². The topological polar surface area (TPSA) is 0 Å². The van der Waals surface area contributed by atoms with E-state index in [1.54, 1.807) is 11.1 Å². The second-order valence-electron chi connectivity index (χ2n) is 7.86. The van der Waals surface area contributed by atoms with Crippen LogP contribution in [0.25, 0.3) is 0 Å². The highest BCUT2D eigenvalue weighted by Crippen LogP contribution is 2.47. The molecule has 0 aromatic heterocycles. The van der Waals surface area contributed by atoms with Crippen molar-refractivity contribution in [3.8, 4) is 0 Å². The zero-order chi connectivity index (χ0) is 15.1. The molecular weight excluding hydrogens is 308 g/mol. The van der Waals surface area contributed by atoms with E-state index in [1.165, 1.54) is 24.8 Å². The van der Waals surface area contributed by atoms with Gasteiger partial charge in [-0.2, -0.15) is 0 Å². The summed E-state index contributed by atoms with van der Waals surface area (Å²) in [6, 6.07) is 7.21. The monoisotopic (exact) mass is 336 g/mol. The summed E-state index contributed by atoms with van der Waals surface area (Å²) in [5, 5.41) is 0. The van der Waals surface area contributed by atoms with Gasteiger partial charge in [-0.25, -0.2) is 0 Å². The van der Waals surface area contributed by atoms with Gasteiger partial charge in [-0.3, -0.25) is 0 Å². The molecule has 0 amide bonds. The number of hydrogen-bond acceptors (Lipinski definition) is 0. The summed E-state index contributed by atoms with van der Waals surface area (Å²) in [5.41, 5.74) is 5.20. The first kappa shape index (κ1) is 16.1. The van der Waals surface area contributed by atoms with Gasteiger partial charge in [0.1, 0.15) is 0 Å². The Bertz CT molecular complexity index is 485. The molecule has 20 heavy (non-hydrogen) atoms. The van der Waals surface area contributed by atoms with Crippen molar-refractivity contribution in [2.45, 2.75) is 76.5 Å². The lowest BCUT2D eigenvalue weighted by molar-refractivity contribution is 0.331. The Morgan fingerprint density at radius 3 is 2.15 bits per heavy atom. The van der Waals surface area contributed by atoms with Crippen molar-refractivity contribution in [2.75, 3.05) is 0 Å². The van der Waals surface area contributed by atoms with E-state index in [9.17, 15) is 0 Å². The highest BCUT2D eigenvalue weighted by atomic mass is 79.9. The molecule has 1 heteroatoms. The van der Waals surface area contributed by atoms with Gasteiger partial charge in [0.2, 0.25) is 0 Å². The molecule has 0 aliphatic heterocycles. The molecule has 0 radical (unpaired) electrons. The Labute approximate surface area is 133 Å². The molecule has 0 fully saturated rings. The molecule has 0 heterocycles. The van der Waals surface area contributed by atoms with Crippen LogP contribution in [0.3, 0.4) is 0 Å². The van der Waals surface area contributed by atoms with Crippen LogP contribution >= 0.6 is 15.9 Å². The largest absolute Gasteiger partial charge is 0.0836 e. The Hall–Kier alpha value is -0.300. The summed E-state index contributed by atoms with van der Waals surface area (Å²) in [7, 11) is 0. The lowest BCUT2D eigenvalue weighted by Gasteiger charge is -2.42. The zero-order valence-corrected chi connectivity index (χ0v) is 15.5. The molecule has 0 N–H and O–H groups in total. The summed E-state index contributed by atoms with van der Waals surface area (Å²) in [4.78, 5) is 0.471. The van der Waals surface area contributed by atoms with Gasteiger partial charge in [0.15, 0.2) is 0 Å². The molecule has 0 saturated heterocycles. The van der Waals surface area contributed by atoms with E-state index in [-0.39, 0.29) is 0 Å². The summed E-state index contributed by atoms with van der Waals surface area (Å²) in [6.07, 6.45) is 3.78. The fourth-order valence-corrected chi connectivity index (χ4v) is 3.97. The number of benzene rings is 1. The van der Waals surface area contributed by atoms with Crippen molar-refractivity contribution in [2.24, 2.45) is 5.92 Å². The van der Waals surface area contributed by atoms with Crippen molar-refractivity contribution < 1.29 is 0 Å². The van der Waals surface area contributed by atoms with Gasteiger partial charge in [0.25, 0.3) is 0 Å². The number of alkyl halides is 1. The first-order chi connectivity index (χ1) is 9.19. The van der Waals surface area contributed by atoms with E-state index in [2.05, 4.69) is 75.7 Å². The van der Waals surface area contributed by atoms with E-state index in [0.29, 0.717) is 21.6 Å². The van der Waals surface area contributed by atoms with Crippen molar-refractivity contribution >= 4 is 15.9 Å². The Balaban J connectivity index is 2.48. The average molecular weight is 337 g/mol. The van der Waals surface area contributed by atoms with E-state index < -0.39 is 0 Å². The van der Waals surface area contributed by atoms with Gasteiger partial charge in [-0.1, -0.05) is 82.1 Å². The zero-order valence-electron chi connectivity index (χ0n) is 13.9. The van der Waals surface area contributed by atoms with Crippen LogP contribution in [0.15, 0.2) is 18.2 Å². The highest BCUT2D eigenvalue weighted by molar-refractivity contribution is 9.09. The van der Waals surface area contributed by atoms with Crippen molar-refractivity contribution in [1.82, 2.24) is 0 Å². The molecule has 1 aromatic rings. The van der Waals surface area contributed by atoms with Gasteiger partial charge in [0, 0.05) is 4.83 Å². The minimum atomic E-state index is 0.309.